The van der Waals surface area contributed by atoms with Gasteiger partial charge in [-0.3, -0.25) is 0 Å². The molecule has 0 bridgehead atoms. The number of likely N-dealkylation sites (N-methyl/N-ethyl adjacent to an activating group) is 1. The van der Waals surface area contributed by atoms with Crippen LogP contribution in [0.2, 0.25) is 0 Å². The van der Waals surface area contributed by atoms with Gasteiger partial charge in [0.1, 0.15) is 5.60 Å². The van der Waals surface area contributed by atoms with Gasteiger partial charge in [0.2, 0.25) is 5.75 Å². The highest BCUT2D eigenvalue weighted by molar-refractivity contribution is 5.53. The minimum absolute atomic E-state index is 0.300. The van der Waals surface area contributed by atoms with Gasteiger partial charge in [0.05, 0.1) is 14.2 Å². The molecular weight excluding hydrogens is 254 g/mol. The molecule has 1 aromatic carbocycles. The molecule has 0 aromatic heterocycles. The van der Waals surface area contributed by atoms with E-state index in [1.54, 1.807) is 14.2 Å². The summed E-state index contributed by atoms with van der Waals surface area (Å²) < 4.78 is 17.1. The van der Waals surface area contributed by atoms with Gasteiger partial charge in [-0.05, 0) is 44.5 Å². The molecule has 0 amide bonds. The molecule has 0 fully saturated rings. The molecule has 0 aliphatic heterocycles. The van der Waals surface area contributed by atoms with Gasteiger partial charge in [-0.15, -0.1) is 0 Å². The first-order valence-electron chi connectivity index (χ1n) is 7.12. The summed E-state index contributed by atoms with van der Waals surface area (Å²) in [6, 6.07) is 3.92. The Labute approximate surface area is 122 Å². The van der Waals surface area contributed by atoms with Crippen molar-refractivity contribution in [2.75, 3.05) is 27.3 Å². The van der Waals surface area contributed by atoms with Crippen molar-refractivity contribution in [2.24, 2.45) is 0 Å². The van der Waals surface area contributed by atoms with E-state index in [1.165, 1.54) is 0 Å². The molecule has 1 N–H and O–H groups in total. The second-order valence-corrected chi connectivity index (χ2v) is 5.18. The molecule has 0 heterocycles. The van der Waals surface area contributed by atoms with Gasteiger partial charge in [-0.2, -0.15) is 0 Å². The van der Waals surface area contributed by atoms with E-state index < -0.39 is 0 Å². The summed E-state index contributed by atoms with van der Waals surface area (Å²) in [5.74, 6) is 2.08. The third-order valence-corrected chi connectivity index (χ3v) is 3.45. The summed E-state index contributed by atoms with van der Waals surface area (Å²) in [6.45, 7) is 10.00. The van der Waals surface area contributed by atoms with Crippen molar-refractivity contribution in [1.82, 2.24) is 5.32 Å². The van der Waals surface area contributed by atoms with Crippen molar-refractivity contribution in [3.8, 4) is 17.2 Å². The number of nitrogens with one attached hydrogen (secondary N) is 1. The van der Waals surface area contributed by atoms with Crippen LogP contribution < -0.4 is 19.5 Å². The van der Waals surface area contributed by atoms with Crippen LogP contribution in [0.15, 0.2) is 12.1 Å². The molecular formula is C16H27NO3. The zero-order valence-electron chi connectivity index (χ0n) is 13.5. The molecule has 1 atom stereocenters. The number of benzene rings is 1. The molecule has 0 aliphatic rings. The molecule has 4 nitrogen and oxygen atoms in total. The standard InChI is InChI=1S/C16H27NO3/c1-7-16(4,11-17-8-2)20-15-13(18-5)9-12(3)10-14(15)19-6/h9-10,17H,7-8,11H2,1-6H3. The molecule has 0 saturated heterocycles. The lowest BCUT2D eigenvalue weighted by molar-refractivity contribution is 0.0767. The number of rotatable bonds is 8. The van der Waals surface area contributed by atoms with Crippen molar-refractivity contribution in [2.45, 2.75) is 39.7 Å². The molecule has 4 heteroatoms. The lowest BCUT2D eigenvalue weighted by Crippen LogP contribution is -2.42. The summed E-state index contributed by atoms with van der Waals surface area (Å²) in [5, 5.41) is 3.34. The number of hydrogen-bond acceptors (Lipinski definition) is 4. The lowest BCUT2D eigenvalue weighted by atomic mass is 10.0. The Morgan fingerprint density at radius 2 is 1.65 bits per heavy atom. The van der Waals surface area contributed by atoms with E-state index >= 15 is 0 Å². The molecule has 0 saturated carbocycles. The first kappa shape index (κ1) is 16.6. The lowest BCUT2D eigenvalue weighted by Gasteiger charge is -2.31. The maximum atomic E-state index is 6.24. The maximum Gasteiger partial charge on any atom is 0.204 e. The van der Waals surface area contributed by atoms with E-state index in [2.05, 4.69) is 26.1 Å². The van der Waals surface area contributed by atoms with E-state index in [0.717, 1.165) is 25.1 Å². The van der Waals surface area contributed by atoms with Crippen LogP contribution in [0.4, 0.5) is 0 Å². The van der Waals surface area contributed by atoms with E-state index in [4.69, 9.17) is 14.2 Å². The smallest absolute Gasteiger partial charge is 0.204 e. The second-order valence-electron chi connectivity index (χ2n) is 5.18. The van der Waals surface area contributed by atoms with Crippen LogP contribution in [-0.2, 0) is 0 Å². The molecule has 20 heavy (non-hydrogen) atoms. The summed E-state index contributed by atoms with van der Waals surface area (Å²) in [4.78, 5) is 0. The van der Waals surface area contributed by atoms with Crippen LogP contribution in [0.1, 0.15) is 32.8 Å². The number of ether oxygens (including phenoxy) is 3. The quantitative estimate of drug-likeness (QED) is 0.794. The van der Waals surface area contributed by atoms with Crippen LogP contribution in [0, 0.1) is 6.92 Å². The van der Waals surface area contributed by atoms with Crippen LogP contribution in [0.25, 0.3) is 0 Å². The zero-order valence-corrected chi connectivity index (χ0v) is 13.5. The zero-order chi connectivity index (χ0) is 15.2. The molecule has 1 rings (SSSR count). The van der Waals surface area contributed by atoms with Crippen molar-refractivity contribution in [1.29, 1.82) is 0 Å². The van der Waals surface area contributed by atoms with Crippen LogP contribution in [0.3, 0.4) is 0 Å². The molecule has 1 aromatic rings. The fraction of sp³-hybridized carbons (Fsp3) is 0.625. The van der Waals surface area contributed by atoms with Crippen molar-refractivity contribution in [3.05, 3.63) is 17.7 Å². The topological polar surface area (TPSA) is 39.7 Å². The van der Waals surface area contributed by atoms with E-state index in [1.807, 2.05) is 19.1 Å². The number of hydrogen-bond donors (Lipinski definition) is 1. The third kappa shape index (κ3) is 4.04. The number of methoxy groups -OCH3 is 2. The minimum Gasteiger partial charge on any atom is -0.493 e. The SMILES string of the molecule is CCNCC(C)(CC)Oc1c(OC)cc(C)cc1OC. The number of aryl methyl sites for hydroxylation is 1. The van der Waals surface area contributed by atoms with Crippen LogP contribution in [-0.4, -0.2) is 32.9 Å². The Bertz CT molecular complexity index is 409. The van der Waals surface area contributed by atoms with Crippen molar-refractivity contribution in [3.63, 3.8) is 0 Å². The van der Waals surface area contributed by atoms with Gasteiger partial charge in [-0.1, -0.05) is 13.8 Å². The largest absolute Gasteiger partial charge is 0.493 e. The Morgan fingerprint density at radius 1 is 1.10 bits per heavy atom. The average Bonchev–Trinajstić information content (AvgIpc) is 2.46. The summed E-state index contributed by atoms with van der Waals surface area (Å²) in [6.07, 6.45) is 0.889. The molecule has 0 aliphatic carbocycles. The highest BCUT2D eigenvalue weighted by atomic mass is 16.5. The molecule has 114 valence electrons. The van der Waals surface area contributed by atoms with Crippen molar-refractivity contribution >= 4 is 0 Å². The van der Waals surface area contributed by atoms with Crippen LogP contribution in [0.5, 0.6) is 17.2 Å². The summed E-state index contributed by atoms with van der Waals surface area (Å²) in [7, 11) is 3.29. The monoisotopic (exact) mass is 281 g/mol. The normalized spacial score (nSPS) is 13.7. The average molecular weight is 281 g/mol. The van der Waals surface area contributed by atoms with Gasteiger partial charge < -0.3 is 19.5 Å². The van der Waals surface area contributed by atoms with Crippen LogP contribution >= 0.6 is 0 Å². The third-order valence-electron chi connectivity index (χ3n) is 3.45. The fourth-order valence-electron chi connectivity index (χ4n) is 1.98. The minimum atomic E-state index is -0.300. The molecule has 0 spiro atoms. The van der Waals surface area contributed by atoms with Gasteiger partial charge in [0.15, 0.2) is 11.5 Å². The Hall–Kier alpha value is -1.42. The Kier molecular flexibility index (Phi) is 6.14. The Balaban J connectivity index is 3.10. The summed E-state index contributed by atoms with van der Waals surface area (Å²) >= 11 is 0. The first-order chi connectivity index (χ1) is 9.49. The van der Waals surface area contributed by atoms with E-state index in [9.17, 15) is 0 Å². The van der Waals surface area contributed by atoms with Gasteiger partial charge >= 0.3 is 0 Å². The summed E-state index contributed by atoms with van der Waals surface area (Å²) in [5.41, 5.74) is 0.780. The predicted molar refractivity (Wildman–Crippen MR) is 82.2 cm³/mol. The van der Waals surface area contributed by atoms with Crippen molar-refractivity contribution < 1.29 is 14.2 Å². The first-order valence-corrected chi connectivity index (χ1v) is 7.12. The van der Waals surface area contributed by atoms with Gasteiger partial charge in [0.25, 0.3) is 0 Å². The molecule has 1 unspecified atom stereocenters. The fourth-order valence-corrected chi connectivity index (χ4v) is 1.98. The highest BCUT2D eigenvalue weighted by Crippen LogP contribution is 2.40. The second kappa shape index (κ2) is 7.39. The molecule has 0 radical (unpaired) electrons. The van der Waals surface area contributed by atoms with Gasteiger partial charge in [0, 0.05) is 6.54 Å². The maximum absolute atomic E-state index is 6.24. The van der Waals surface area contributed by atoms with Gasteiger partial charge in [-0.25, -0.2) is 0 Å². The highest BCUT2D eigenvalue weighted by Gasteiger charge is 2.27. The predicted octanol–water partition coefficient (Wildman–Crippen LogP) is 3.17. The van der Waals surface area contributed by atoms with E-state index in [-0.39, 0.29) is 5.60 Å². The van der Waals surface area contributed by atoms with E-state index in [0.29, 0.717) is 17.2 Å². The Morgan fingerprint density at radius 3 is 2.05 bits per heavy atom.